The summed E-state index contributed by atoms with van der Waals surface area (Å²) in [5.41, 5.74) is 0. The van der Waals surface area contributed by atoms with Crippen LogP contribution in [0.3, 0.4) is 0 Å². The summed E-state index contributed by atoms with van der Waals surface area (Å²) in [5, 5.41) is 9.85. The number of nitrogens with zero attached hydrogens (tertiary/aromatic N) is 1. The summed E-state index contributed by atoms with van der Waals surface area (Å²) in [7, 11) is 0. The minimum atomic E-state index is -5.21. The molecule has 0 aromatic rings. The highest BCUT2D eigenvalue weighted by Crippen LogP contribution is 2.23. The first-order valence-electron chi connectivity index (χ1n) is 3.17. The van der Waals surface area contributed by atoms with E-state index in [4.69, 9.17) is 0 Å². The molecule has 0 N–H and O–H groups in total. The van der Waals surface area contributed by atoms with Crippen molar-refractivity contribution >= 4 is 5.97 Å². The summed E-state index contributed by atoms with van der Waals surface area (Å²) in [4.78, 5) is 18.6. The van der Waals surface area contributed by atoms with E-state index in [1.807, 2.05) is 0 Å². The van der Waals surface area contributed by atoms with Crippen molar-refractivity contribution in [2.45, 2.75) is 19.1 Å². The molecule has 13 heavy (non-hydrogen) atoms. The topological polar surface area (TPSA) is 69.4 Å². The fourth-order valence-corrected chi connectivity index (χ4v) is 0.560. The quantitative estimate of drug-likeness (QED) is 0.384. The lowest BCUT2D eigenvalue weighted by Gasteiger charge is -2.10. The van der Waals surface area contributed by atoms with Crippen LogP contribution in [0.25, 0.3) is 0 Å². The maximum absolute atomic E-state index is 11.8. The van der Waals surface area contributed by atoms with Crippen molar-refractivity contribution < 1.29 is 27.6 Å². The normalized spacial score (nSPS) is 13.5. The van der Waals surface area contributed by atoms with Gasteiger partial charge in [-0.1, -0.05) is 0 Å². The smallest absolute Gasteiger partial charge is 0.461 e. The fourth-order valence-electron chi connectivity index (χ4n) is 0.560. The highest BCUT2D eigenvalue weighted by molar-refractivity contribution is 5.75. The molecule has 0 aliphatic carbocycles. The number of hydrogen-bond donors (Lipinski definition) is 0. The van der Waals surface area contributed by atoms with Gasteiger partial charge in [0.1, 0.15) is 0 Å². The third-order valence-electron chi connectivity index (χ3n) is 1.03. The van der Waals surface area contributed by atoms with E-state index in [-0.39, 0.29) is 6.61 Å². The third kappa shape index (κ3) is 3.26. The van der Waals surface area contributed by atoms with Gasteiger partial charge in [0.25, 0.3) is 0 Å². The zero-order valence-electron chi connectivity index (χ0n) is 6.50. The largest absolute Gasteiger partial charge is 0.469 e. The first kappa shape index (κ1) is 11.7. The molecule has 0 radical (unpaired) electrons. The number of esters is 1. The first-order chi connectivity index (χ1) is 5.80. The molecule has 0 aliphatic rings. The molecule has 0 bridgehead atoms. The molecular weight excluding hydrogens is 195 g/mol. The Morgan fingerprint density at radius 2 is 2.08 bits per heavy atom. The van der Waals surface area contributed by atoms with Gasteiger partial charge in [0.05, 0.1) is 6.61 Å². The van der Waals surface area contributed by atoms with Gasteiger partial charge in [-0.15, -0.1) is 0 Å². The van der Waals surface area contributed by atoms with Crippen molar-refractivity contribution in [1.29, 1.82) is 0 Å². The number of rotatable bonds is 3. The SMILES string of the molecule is CCOC(=O)C([N+](=O)[O-])C(F)(F)F. The Bertz CT molecular complexity index is 214. The van der Waals surface area contributed by atoms with Crippen molar-refractivity contribution in [1.82, 2.24) is 0 Å². The molecule has 5 nitrogen and oxygen atoms in total. The molecule has 0 saturated heterocycles. The molecule has 0 aromatic heterocycles. The predicted octanol–water partition coefficient (Wildman–Crippen LogP) is 0.757. The fraction of sp³-hybridized carbons (Fsp3) is 0.800. The summed E-state index contributed by atoms with van der Waals surface area (Å²) in [6.07, 6.45) is -5.21. The molecular formula is C5H6F3NO4. The van der Waals surface area contributed by atoms with Gasteiger partial charge >= 0.3 is 18.2 Å². The van der Waals surface area contributed by atoms with Gasteiger partial charge in [-0.3, -0.25) is 10.1 Å². The van der Waals surface area contributed by atoms with E-state index in [1.165, 1.54) is 6.92 Å². The monoisotopic (exact) mass is 201 g/mol. The Morgan fingerprint density at radius 1 is 1.62 bits per heavy atom. The highest BCUT2D eigenvalue weighted by Gasteiger charge is 2.56. The third-order valence-corrected chi connectivity index (χ3v) is 1.03. The first-order valence-corrected chi connectivity index (χ1v) is 3.17. The van der Waals surface area contributed by atoms with Crippen LogP contribution in [-0.4, -0.2) is 29.7 Å². The van der Waals surface area contributed by atoms with Crippen LogP contribution in [0.5, 0.6) is 0 Å². The highest BCUT2D eigenvalue weighted by atomic mass is 19.4. The standard InChI is InChI=1S/C5H6F3NO4/c1-2-13-4(10)3(9(11)12)5(6,7)8/h3H,2H2,1H3. The van der Waals surface area contributed by atoms with Crippen LogP contribution in [0, 0.1) is 10.1 Å². The van der Waals surface area contributed by atoms with Crippen LogP contribution in [0.15, 0.2) is 0 Å². The van der Waals surface area contributed by atoms with Crippen molar-refractivity contribution in [2.24, 2.45) is 0 Å². The van der Waals surface area contributed by atoms with Crippen LogP contribution in [0.1, 0.15) is 6.92 Å². The molecule has 0 aliphatic heterocycles. The number of halogens is 3. The Labute approximate surface area is 70.6 Å². The molecule has 1 atom stereocenters. The van der Waals surface area contributed by atoms with Gasteiger partial charge in [-0.05, 0) is 6.92 Å². The zero-order chi connectivity index (χ0) is 10.6. The summed E-state index contributed by atoms with van der Waals surface area (Å²) in [6.45, 7) is 0.921. The van der Waals surface area contributed by atoms with E-state index < -0.39 is 23.1 Å². The lowest BCUT2D eigenvalue weighted by atomic mass is 10.3. The molecule has 0 heterocycles. The van der Waals surface area contributed by atoms with Gasteiger partial charge in [-0.2, -0.15) is 13.2 Å². The molecule has 8 heteroatoms. The minimum Gasteiger partial charge on any atom is -0.461 e. The van der Waals surface area contributed by atoms with Gasteiger partial charge in [0.15, 0.2) is 0 Å². The Morgan fingerprint density at radius 3 is 2.31 bits per heavy atom. The molecule has 0 fully saturated rings. The Balaban J connectivity index is 4.63. The van der Waals surface area contributed by atoms with Crippen LogP contribution >= 0.6 is 0 Å². The van der Waals surface area contributed by atoms with Gasteiger partial charge < -0.3 is 4.74 Å². The number of alkyl halides is 3. The van der Waals surface area contributed by atoms with E-state index in [0.29, 0.717) is 0 Å². The van der Waals surface area contributed by atoms with Crippen molar-refractivity contribution in [2.75, 3.05) is 6.61 Å². The van der Waals surface area contributed by atoms with Crippen LogP contribution in [0.2, 0.25) is 0 Å². The molecule has 0 amide bonds. The molecule has 76 valence electrons. The van der Waals surface area contributed by atoms with Crippen LogP contribution < -0.4 is 0 Å². The van der Waals surface area contributed by atoms with Crippen molar-refractivity contribution in [3.8, 4) is 0 Å². The average Bonchev–Trinajstić information content (AvgIpc) is 1.82. The summed E-state index contributed by atoms with van der Waals surface area (Å²) >= 11 is 0. The van der Waals surface area contributed by atoms with E-state index in [9.17, 15) is 28.1 Å². The lowest BCUT2D eigenvalue weighted by Crippen LogP contribution is -2.44. The van der Waals surface area contributed by atoms with Gasteiger partial charge in [0, 0.05) is 4.92 Å². The maximum Gasteiger partial charge on any atom is 0.469 e. The minimum absolute atomic E-state index is 0.334. The second-order valence-electron chi connectivity index (χ2n) is 1.98. The molecule has 0 saturated carbocycles. The van der Waals surface area contributed by atoms with E-state index >= 15 is 0 Å². The number of nitro groups is 1. The maximum atomic E-state index is 11.8. The summed E-state index contributed by atoms with van der Waals surface area (Å²) < 4.78 is 39.3. The van der Waals surface area contributed by atoms with Crippen molar-refractivity contribution in [3.63, 3.8) is 0 Å². The van der Waals surface area contributed by atoms with Crippen LogP contribution in [-0.2, 0) is 9.53 Å². The second kappa shape index (κ2) is 4.06. The zero-order valence-corrected chi connectivity index (χ0v) is 6.50. The summed E-state index contributed by atoms with van der Waals surface area (Å²) in [6, 6.07) is -3.28. The van der Waals surface area contributed by atoms with E-state index in [0.717, 1.165) is 0 Å². The van der Waals surface area contributed by atoms with Crippen molar-refractivity contribution in [3.05, 3.63) is 10.1 Å². The number of carbonyl (C=O) groups excluding carboxylic acids is 1. The van der Waals surface area contributed by atoms with Gasteiger partial charge in [-0.25, -0.2) is 4.79 Å². The lowest BCUT2D eigenvalue weighted by molar-refractivity contribution is -0.549. The Hall–Kier alpha value is -1.34. The number of carbonyl (C=O) groups is 1. The average molecular weight is 201 g/mol. The van der Waals surface area contributed by atoms with Gasteiger partial charge in [0.2, 0.25) is 0 Å². The van der Waals surface area contributed by atoms with Crippen LogP contribution in [0.4, 0.5) is 13.2 Å². The Kier molecular flexibility index (Phi) is 3.64. The van der Waals surface area contributed by atoms with E-state index in [2.05, 4.69) is 4.74 Å². The molecule has 0 spiro atoms. The van der Waals surface area contributed by atoms with E-state index in [1.54, 1.807) is 0 Å². The summed E-state index contributed by atoms with van der Waals surface area (Å²) in [5.74, 6) is -1.89. The molecule has 0 rings (SSSR count). The molecule has 1 unspecified atom stereocenters. The number of ether oxygens (including phenoxy) is 1. The molecule has 0 aromatic carbocycles. The predicted molar refractivity (Wildman–Crippen MR) is 33.5 cm³/mol. The number of hydrogen-bond acceptors (Lipinski definition) is 4. The second-order valence-corrected chi connectivity index (χ2v) is 1.98.